The van der Waals surface area contributed by atoms with E-state index in [1.54, 1.807) is 0 Å². The lowest BCUT2D eigenvalue weighted by molar-refractivity contribution is -0.132. The average Bonchev–Trinajstić information content (AvgIpc) is 2.49. The smallest absolute Gasteiger partial charge is 0.224 e. The highest BCUT2D eigenvalue weighted by Gasteiger charge is 2.19. The van der Waals surface area contributed by atoms with Gasteiger partial charge in [0.2, 0.25) is 11.8 Å². The van der Waals surface area contributed by atoms with E-state index in [9.17, 15) is 9.59 Å². The van der Waals surface area contributed by atoms with Crippen LogP contribution in [0.25, 0.3) is 0 Å². The van der Waals surface area contributed by atoms with Gasteiger partial charge in [0.1, 0.15) is 0 Å². The van der Waals surface area contributed by atoms with E-state index in [1.807, 2.05) is 4.90 Å². The molecule has 2 rings (SSSR count). The number of morpholine rings is 1. The SMILES string of the molecule is CN1CCN(C(=O)CCNC(=O)CC2COCCN2)CC1. The highest BCUT2D eigenvalue weighted by molar-refractivity contribution is 5.79. The second kappa shape index (κ2) is 8.31. The molecule has 2 aliphatic rings. The van der Waals surface area contributed by atoms with Gasteiger partial charge in [-0.25, -0.2) is 0 Å². The maximum absolute atomic E-state index is 12.0. The van der Waals surface area contributed by atoms with E-state index in [0.29, 0.717) is 32.6 Å². The molecular weight excluding hydrogens is 272 g/mol. The van der Waals surface area contributed by atoms with E-state index >= 15 is 0 Å². The first-order chi connectivity index (χ1) is 10.1. The summed E-state index contributed by atoms with van der Waals surface area (Å²) in [5.74, 6) is 0.103. The van der Waals surface area contributed by atoms with Crippen LogP contribution in [-0.4, -0.2) is 87.2 Å². The monoisotopic (exact) mass is 298 g/mol. The number of hydrogen-bond acceptors (Lipinski definition) is 5. The Bertz CT molecular complexity index is 350. The summed E-state index contributed by atoms with van der Waals surface area (Å²) in [7, 11) is 2.06. The number of hydrogen-bond donors (Lipinski definition) is 2. The van der Waals surface area contributed by atoms with Gasteiger partial charge in [-0.15, -0.1) is 0 Å². The molecular formula is C14H26N4O3. The van der Waals surface area contributed by atoms with Crippen molar-refractivity contribution in [2.45, 2.75) is 18.9 Å². The lowest BCUT2D eigenvalue weighted by Crippen LogP contribution is -2.48. The number of nitrogens with one attached hydrogen (secondary N) is 2. The second-order valence-corrected chi connectivity index (χ2v) is 5.71. The third kappa shape index (κ3) is 5.61. The first kappa shape index (κ1) is 16.2. The van der Waals surface area contributed by atoms with Crippen molar-refractivity contribution in [3.05, 3.63) is 0 Å². The van der Waals surface area contributed by atoms with Crippen LogP contribution in [-0.2, 0) is 14.3 Å². The van der Waals surface area contributed by atoms with Crippen molar-refractivity contribution in [3.8, 4) is 0 Å². The molecule has 2 aliphatic heterocycles. The number of nitrogens with zero attached hydrogens (tertiary/aromatic N) is 2. The minimum Gasteiger partial charge on any atom is -0.378 e. The normalized spacial score (nSPS) is 23.9. The first-order valence-electron chi connectivity index (χ1n) is 7.69. The molecule has 0 bridgehead atoms. The molecule has 21 heavy (non-hydrogen) atoms. The van der Waals surface area contributed by atoms with Crippen molar-refractivity contribution < 1.29 is 14.3 Å². The number of amides is 2. The maximum Gasteiger partial charge on any atom is 0.224 e. The van der Waals surface area contributed by atoms with Crippen molar-refractivity contribution in [3.63, 3.8) is 0 Å². The Morgan fingerprint density at radius 1 is 1.29 bits per heavy atom. The van der Waals surface area contributed by atoms with Crippen LogP contribution in [0.2, 0.25) is 0 Å². The molecule has 2 heterocycles. The Labute approximate surface area is 126 Å². The molecule has 0 saturated carbocycles. The predicted molar refractivity (Wildman–Crippen MR) is 78.9 cm³/mol. The molecule has 7 heteroatoms. The van der Waals surface area contributed by atoms with Gasteiger partial charge in [-0.05, 0) is 7.05 Å². The molecule has 120 valence electrons. The Hall–Kier alpha value is -1.18. The zero-order chi connectivity index (χ0) is 15.1. The number of rotatable bonds is 5. The van der Waals surface area contributed by atoms with Crippen LogP contribution in [0, 0.1) is 0 Å². The van der Waals surface area contributed by atoms with Crippen LogP contribution in [0.3, 0.4) is 0 Å². The second-order valence-electron chi connectivity index (χ2n) is 5.71. The molecule has 0 aliphatic carbocycles. The number of carbonyl (C=O) groups excluding carboxylic acids is 2. The summed E-state index contributed by atoms with van der Waals surface area (Å²) >= 11 is 0. The van der Waals surface area contributed by atoms with E-state index in [-0.39, 0.29) is 17.9 Å². The lowest BCUT2D eigenvalue weighted by Gasteiger charge is -2.32. The average molecular weight is 298 g/mol. The maximum atomic E-state index is 12.0. The van der Waals surface area contributed by atoms with Crippen molar-refractivity contribution in [1.29, 1.82) is 0 Å². The van der Waals surface area contributed by atoms with Gasteiger partial charge in [0.25, 0.3) is 0 Å². The molecule has 7 nitrogen and oxygen atoms in total. The Kier molecular flexibility index (Phi) is 6.41. The van der Waals surface area contributed by atoms with Gasteiger partial charge in [-0.1, -0.05) is 0 Å². The quantitative estimate of drug-likeness (QED) is 0.656. The third-order valence-corrected chi connectivity index (χ3v) is 3.95. The van der Waals surface area contributed by atoms with E-state index in [1.165, 1.54) is 0 Å². The highest BCUT2D eigenvalue weighted by atomic mass is 16.5. The topological polar surface area (TPSA) is 73.9 Å². The predicted octanol–water partition coefficient (Wildman–Crippen LogP) is -1.35. The van der Waals surface area contributed by atoms with Gasteiger partial charge >= 0.3 is 0 Å². The fraction of sp³-hybridized carbons (Fsp3) is 0.857. The largest absolute Gasteiger partial charge is 0.378 e. The van der Waals surface area contributed by atoms with Crippen molar-refractivity contribution >= 4 is 11.8 Å². The molecule has 2 fully saturated rings. The van der Waals surface area contributed by atoms with Gasteiger partial charge in [0.15, 0.2) is 0 Å². The molecule has 2 N–H and O–H groups in total. The van der Waals surface area contributed by atoms with Gasteiger partial charge < -0.3 is 25.2 Å². The fourth-order valence-electron chi connectivity index (χ4n) is 2.57. The molecule has 0 aromatic heterocycles. The van der Waals surface area contributed by atoms with Crippen molar-refractivity contribution in [2.75, 3.05) is 59.5 Å². The van der Waals surface area contributed by atoms with Gasteiger partial charge in [0.05, 0.1) is 13.2 Å². The van der Waals surface area contributed by atoms with Crippen molar-refractivity contribution in [1.82, 2.24) is 20.4 Å². The molecule has 1 atom stereocenters. The minimum absolute atomic E-state index is 0.0239. The van der Waals surface area contributed by atoms with Crippen LogP contribution in [0.1, 0.15) is 12.8 Å². The Balaban J connectivity index is 1.57. The molecule has 0 radical (unpaired) electrons. The first-order valence-corrected chi connectivity index (χ1v) is 7.69. The molecule has 2 amide bonds. The van der Waals surface area contributed by atoms with Crippen LogP contribution in [0.4, 0.5) is 0 Å². The number of piperazine rings is 1. The van der Waals surface area contributed by atoms with E-state index in [4.69, 9.17) is 4.74 Å². The van der Waals surface area contributed by atoms with E-state index < -0.39 is 0 Å². The summed E-state index contributed by atoms with van der Waals surface area (Å²) in [6.07, 6.45) is 0.784. The molecule has 0 aromatic rings. The molecule has 2 saturated heterocycles. The van der Waals surface area contributed by atoms with Gasteiger partial charge in [-0.2, -0.15) is 0 Å². The van der Waals surface area contributed by atoms with Gasteiger partial charge in [0, 0.05) is 58.2 Å². The van der Waals surface area contributed by atoms with Gasteiger partial charge in [-0.3, -0.25) is 9.59 Å². The summed E-state index contributed by atoms with van der Waals surface area (Å²) in [5, 5.41) is 6.06. The summed E-state index contributed by atoms with van der Waals surface area (Å²) in [6, 6.07) is 0.0899. The summed E-state index contributed by atoms with van der Waals surface area (Å²) in [6.45, 7) is 5.90. The van der Waals surface area contributed by atoms with Crippen LogP contribution < -0.4 is 10.6 Å². The van der Waals surface area contributed by atoms with Crippen LogP contribution in [0.15, 0.2) is 0 Å². The van der Waals surface area contributed by atoms with E-state index in [0.717, 1.165) is 32.7 Å². The zero-order valence-electron chi connectivity index (χ0n) is 12.8. The molecule has 1 unspecified atom stereocenters. The Morgan fingerprint density at radius 3 is 2.71 bits per heavy atom. The highest BCUT2D eigenvalue weighted by Crippen LogP contribution is 2.02. The summed E-state index contributed by atoms with van der Waals surface area (Å²) in [4.78, 5) is 27.9. The number of likely N-dealkylation sites (N-methyl/N-ethyl adjacent to an activating group) is 1. The third-order valence-electron chi connectivity index (χ3n) is 3.95. The fourth-order valence-corrected chi connectivity index (χ4v) is 2.57. The molecule has 0 aromatic carbocycles. The van der Waals surface area contributed by atoms with Crippen molar-refractivity contribution in [2.24, 2.45) is 0 Å². The van der Waals surface area contributed by atoms with Crippen LogP contribution in [0.5, 0.6) is 0 Å². The standard InChI is InChI=1S/C14H26N4O3/c1-17-5-7-18(8-6-17)14(20)2-3-16-13(19)10-12-11-21-9-4-15-12/h12,15H,2-11H2,1H3,(H,16,19). The summed E-state index contributed by atoms with van der Waals surface area (Å²) < 4.78 is 5.31. The molecule has 0 spiro atoms. The Morgan fingerprint density at radius 2 is 2.05 bits per heavy atom. The van der Waals surface area contributed by atoms with E-state index in [2.05, 4.69) is 22.6 Å². The number of carbonyl (C=O) groups is 2. The number of ether oxygens (including phenoxy) is 1. The lowest BCUT2D eigenvalue weighted by atomic mass is 10.2. The zero-order valence-corrected chi connectivity index (χ0v) is 12.8. The summed E-state index contributed by atoms with van der Waals surface area (Å²) in [5.41, 5.74) is 0. The minimum atomic E-state index is -0.0239. The van der Waals surface area contributed by atoms with Crippen LogP contribution >= 0.6 is 0 Å².